The fraction of sp³-hybridized carbons (Fsp3) is 0.600. The van der Waals surface area contributed by atoms with Crippen LogP contribution in [0.2, 0.25) is 0 Å². The van der Waals surface area contributed by atoms with Crippen LogP contribution in [0.4, 0.5) is 0 Å². The van der Waals surface area contributed by atoms with Crippen LogP contribution in [-0.4, -0.2) is 12.7 Å². The normalized spacial score (nSPS) is 29.8. The summed E-state index contributed by atoms with van der Waals surface area (Å²) in [7, 11) is 0. The zero-order valence-corrected chi connectivity index (χ0v) is 14.5. The summed E-state index contributed by atoms with van der Waals surface area (Å²) in [5.41, 5.74) is 5.40. The van der Waals surface area contributed by atoms with Gasteiger partial charge in [-0.2, -0.15) is 0 Å². The highest BCUT2D eigenvalue weighted by atomic mass is 16.5. The van der Waals surface area contributed by atoms with Gasteiger partial charge in [0.15, 0.2) is 0 Å². The number of ether oxygens (including phenoxy) is 1. The number of rotatable bonds is 2. The van der Waals surface area contributed by atoms with Crippen LogP contribution in [0.5, 0.6) is 0 Å². The quantitative estimate of drug-likeness (QED) is 0.566. The summed E-state index contributed by atoms with van der Waals surface area (Å²) in [5, 5.41) is 0. The average molecular weight is 288 g/mol. The molecule has 0 N–H and O–H groups in total. The van der Waals surface area contributed by atoms with E-state index < -0.39 is 0 Å². The third-order valence-electron chi connectivity index (χ3n) is 4.16. The van der Waals surface area contributed by atoms with Gasteiger partial charge in [0.25, 0.3) is 0 Å². The predicted molar refractivity (Wildman–Crippen MR) is 93.5 cm³/mol. The van der Waals surface area contributed by atoms with Crippen molar-refractivity contribution in [2.45, 2.75) is 66.4 Å². The van der Waals surface area contributed by atoms with E-state index in [1.54, 1.807) is 0 Å². The Labute approximate surface area is 131 Å². The molecule has 0 saturated carbocycles. The van der Waals surface area contributed by atoms with Gasteiger partial charge >= 0.3 is 0 Å². The Morgan fingerprint density at radius 3 is 2.52 bits per heavy atom. The Morgan fingerprint density at radius 2 is 1.90 bits per heavy atom. The summed E-state index contributed by atoms with van der Waals surface area (Å²) in [5.74, 6) is 0.518. The van der Waals surface area contributed by atoms with E-state index in [1.807, 2.05) is 0 Å². The van der Waals surface area contributed by atoms with Gasteiger partial charge in [-0.3, -0.25) is 0 Å². The molecule has 0 radical (unpaired) electrons. The highest BCUT2D eigenvalue weighted by Gasteiger charge is 2.13. The Bertz CT molecular complexity index is 435. The predicted octanol–water partition coefficient (Wildman–Crippen LogP) is 6.00. The van der Waals surface area contributed by atoms with E-state index in [4.69, 9.17) is 4.74 Å². The largest absolute Gasteiger partial charge is 0.370 e. The first-order chi connectivity index (χ1) is 9.90. The maximum Gasteiger partial charge on any atom is 0.0787 e. The fourth-order valence-electron chi connectivity index (χ4n) is 2.42. The molecule has 1 aliphatic rings. The van der Waals surface area contributed by atoms with Gasteiger partial charge in [0.05, 0.1) is 12.7 Å². The summed E-state index contributed by atoms with van der Waals surface area (Å²) in [6.07, 6.45) is 11.5. The smallest absolute Gasteiger partial charge is 0.0787 e. The molecule has 21 heavy (non-hydrogen) atoms. The van der Waals surface area contributed by atoms with Gasteiger partial charge in [-0.05, 0) is 57.9 Å². The summed E-state index contributed by atoms with van der Waals surface area (Å²) in [6, 6.07) is 0. The van der Waals surface area contributed by atoms with Gasteiger partial charge < -0.3 is 4.74 Å². The molecule has 0 saturated heterocycles. The molecular weight excluding hydrogens is 256 g/mol. The summed E-state index contributed by atoms with van der Waals surface area (Å²) in [4.78, 5) is 0. The van der Waals surface area contributed by atoms with Crippen molar-refractivity contribution in [1.82, 2.24) is 0 Å². The van der Waals surface area contributed by atoms with E-state index >= 15 is 0 Å². The number of allylic oxidation sites excluding steroid dienone is 5. The standard InChI is InChI=1S/C20H32O/c1-15(2)19-12-10-17(5)8-7-9-18(6)11-13-20(16(3)4)21-14-19/h9-10,12,15,20H,3,7-8,11,13-14H2,1-2,4-6H3/b17-10-,18-9+,19-12-/t20-/m1/s1. The van der Waals surface area contributed by atoms with Crippen molar-refractivity contribution in [2.75, 3.05) is 6.61 Å². The molecule has 0 bridgehead atoms. The number of hydrogen-bond acceptors (Lipinski definition) is 1. The van der Waals surface area contributed by atoms with Crippen LogP contribution in [0.1, 0.15) is 60.3 Å². The molecule has 1 rings (SSSR count). The second kappa shape index (κ2) is 9.04. The molecule has 1 nitrogen and oxygen atoms in total. The fourth-order valence-corrected chi connectivity index (χ4v) is 2.42. The van der Waals surface area contributed by atoms with Gasteiger partial charge in [-0.1, -0.05) is 55.4 Å². The molecule has 0 unspecified atom stereocenters. The lowest BCUT2D eigenvalue weighted by Gasteiger charge is -2.20. The Kier molecular flexibility index (Phi) is 7.74. The van der Waals surface area contributed by atoms with Crippen molar-refractivity contribution in [3.05, 3.63) is 47.1 Å². The summed E-state index contributed by atoms with van der Waals surface area (Å²) in [6.45, 7) is 15.8. The topological polar surface area (TPSA) is 9.23 Å². The molecule has 1 heteroatoms. The third kappa shape index (κ3) is 6.95. The SMILES string of the molecule is C=C(C)[C@H]1CC/C(C)=C/CC/C(C)=C\C=C(/C(C)C)CO1. The molecule has 0 spiro atoms. The highest BCUT2D eigenvalue weighted by Crippen LogP contribution is 2.20. The molecule has 118 valence electrons. The van der Waals surface area contributed by atoms with Crippen LogP contribution < -0.4 is 0 Å². The maximum atomic E-state index is 6.15. The van der Waals surface area contributed by atoms with Gasteiger partial charge in [-0.25, -0.2) is 0 Å². The van der Waals surface area contributed by atoms with Crippen LogP contribution in [0.25, 0.3) is 0 Å². The van der Waals surface area contributed by atoms with E-state index in [0.717, 1.165) is 31.3 Å². The zero-order chi connectivity index (χ0) is 15.8. The molecule has 0 fully saturated rings. The first-order valence-corrected chi connectivity index (χ1v) is 8.19. The van der Waals surface area contributed by atoms with Crippen LogP contribution in [-0.2, 0) is 4.74 Å². The zero-order valence-electron chi connectivity index (χ0n) is 14.5. The number of hydrogen-bond donors (Lipinski definition) is 0. The second-order valence-electron chi connectivity index (χ2n) is 6.68. The minimum atomic E-state index is 0.168. The van der Waals surface area contributed by atoms with Gasteiger partial charge in [-0.15, -0.1) is 0 Å². The summed E-state index contributed by atoms with van der Waals surface area (Å²) < 4.78 is 6.15. The van der Waals surface area contributed by atoms with Crippen molar-refractivity contribution in [1.29, 1.82) is 0 Å². The van der Waals surface area contributed by atoms with Crippen LogP contribution in [0, 0.1) is 5.92 Å². The van der Waals surface area contributed by atoms with Crippen LogP contribution in [0.15, 0.2) is 47.1 Å². The van der Waals surface area contributed by atoms with Crippen molar-refractivity contribution in [2.24, 2.45) is 5.92 Å². The molecule has 0 aromatic rings. The van der Waals surface area contributed by atoms with Gasteiger partial charge in [0, 0.05) is 0 Å². The van der Waals surface area contributed by atoms with Crippen LogP contribution >= 0.6 is 0 Å². The Balaban J connectivity index is 2.93. The first kappa shape index (κ1) is 18.0. The highest BCUT2D eigenvalue weighted by molar-refractivity contribution is 5.19. The molecule has 1 aliphatic heterocycles. The monoisotopic (exact) mass is 288 g/mol. The molecule has 1 atom stereocenters. The molecule has 0 amide bonds. The van der Waals surface area contributed by atoms with E-state index in [9.17, 15) is 0 Å². The lowest BCUT2D eigenvalue weighted by molar-refractivity contribution is 0.0862. The molecular formula is C20H32O. The van der Waals surface area contributed by atoms with Crippen molar-refractivity contribution in [3.63, 3.8) is 0 Å². The van der Waals surface area contributed by atoms with E-state index in [0.29, 0.717) is 12.5 Å². The van der Waals surface area contributed by atoms with Gasteiger partial charge in [0.1, 0.15) is 0 Å². The third-order valence-corrected chi connectivity index (χ3v) is 4.16. The average Bonchev–Trinajstić information content (AvgIpc) is 2.41. The maximum absolute atomic E-state index is 6.15. The van der Waals surface area contributed by atoms with E-state index in [-0.39, 0.29) is 6.10 Å². The first-order valence-electron chi connectivity index (χ1n) is 8.19. The molecule has 0 aliphatic carbocycles. The molecule has 0 aromatic carbocycles. The molecule has 0 aromatic heterocycles. The lowest BCUT2D eigenvalue weighted by Crippen LogP contribution is -2.17. The van der Waals surface area contributed by atoms with Crippen LogP contribution in [0.3, 0.4) is 0 Å². The van der Waals surface area contributed by atoms with Crippen molar-refractivity contribution < 1.29 is 4.74 Å². The summed E-state index contributed by atoms with van der Waals surface area (Å²) >= 11 is 0. The second-order valence-corrected chi connectivity index (χ2v) is 6.68. The minimum absolute atomic E-state index is 0.168. The van der Waals surface area contributed by atoms with Crippen molar-refractivity contribution in [3.8, 4) is 0 Å². The van der Waals surface area contributed by atoms with Crippen molar-refractivity contribution >= 4 is 0 Å². The Hall–Kier alpha value is -1.08. The minimum Gasteiger partial charge on any atom is -0.370 e. The van der Waals surface area contributed by atoms with Gasteiger partial charge in [0.2, 0.25) is 0 Å². The Morgan fingerprint density at radius 1 is 1.19 bits per heavy atom. The van der Waals surface area contributed by atoms with E-state index in [1.165, 1.54) is 16.7 Å². The van der Waals surface area contributed by atoms with E-state index in [2.05, 4.69) is 59.4 Å². The lowest BCUT2D eigenvalue weighted by atomic mass is 10.0. The molecule has 1 heterocycles.